The Morgan fingerprint density at radius 1 is 1.18 bits per heavy atom. The fourth-order valence-corrected chi connectivity index (χ4v) is 3.52. The summed E-state index contributed by atoms with van der Waals surface area (Å²) in [5.74, 6) is 0.398. The van der Waals surface area contributed by atoms with Gasteiger partial charge in [0.15, 0.2) is 0 Å². The maximum Gasteiger partial charge on any atom is 0.228 e. The van der Waals surface area contributed by atoms with E-state index in [1.165, 1.54) is 25.7 Å². The van der Waals surface area contributed by atoms with Crippen LogP contribution in [-0.4, -0.2) is 34.9 Å². The second-order valence-corrected chi connectivity index (χ2v) is 7.15. The standard InChI is InChI=1S/C18H35NO3/c1-4-15-8-5-7-13(2)10-11-16(21)17(14(3)20)18(22)19-12-6-9-15/h13-17,20-21H,4-12H2,1-3H3,(H,19,22)/t13-,14+,15?,16+,17-/m1/s1. The Morgan fingerprint density at radius 3 is 2.50 bits per heavy atom. The molecule has 1 aliphatic rings. The Labute approximate surface area is 135 Å². The molecular formula is C18H35NO3. The topological polar surface area (TPSA) is 69.6 Å². The lowest BCUT2D eigenvalue weighted by Crippen LogP contribution is -2.44. The van der Waals surface area contributed by atoms with E-state index in [-0.39, 0.29) is 5.91 Å². The molecule has 1 aliphatic heterocycles. The molecule has 0 radical (unpaired) electrons. The lowest BCUT2D eigenvalue weighted by molar-refractivity contribution is -0.133. The number of carbonyl (C=O) groups is 1. The number of hydrogen-bond donors (Lipinski definition) is 3. The first-order chi connectivity index (χ1) is 10.5. The number of hydrogen-bond acceptors (Lipinski definition) is 3. The molecular weight excluding hydrogens is 278 g/mol. The van der Waals surface area contributed by atoms with Gasteiger partial charge in [0.05, 0.1) is 18.1 Å². The van der Waals surface area contributed by atoms with Gasteiger partial charge in [-0.1, -0.05) is 39.5 Å². The molecule has 130 valence electrons. The van der Waals surface area contributed by atoms with Gasteiger partial charge in [-0.25, -0.2) is 0 Å². The maximum absolute atomic E-state index is 12.2. The lowest BCUT2D eigenvalue weighted by atomic mass is 9.87. The van der Waals surface area contributed by atoms with E-state index < -0.39 is 18.1 Å². The number of rotatable bonds is 2. The molecule has 0 bridgehead atoms. The summed E-state index contributed by atoms with van der Waals surface area (Å²) in [6.07, 6.45) is 6.96. The number of amides is 1. The lowest BCUT2D eigenvalue weighted by Gasteiger charge is -2.26. The highest BCUT2D eigenvalue weighted by Crippen LogP contribution is 2.24. The minimum absolute atomic E-state index is 0.208. The predicted molar refractivity (Wildman–Crippen MR) is 89.5 cm³/mol. The zero-order chi connectivity index (χ0) is 16.5. The molecule has 1 fully saturated rings. The highest BCUT2D eigenvalue weighted by Gasteiger charge is 2.31. The van der Waals surface area contributed by atoms with Crippen LogP contribution in [0.4, 0.5) is 0 Å². The molecule has 0 aromatic heterocycles. The van der Waals surface area contributed by atoms with Gasteiger partial charge in [0.25, 0.3) is 0 Å². The quantitative estimate of drug-likeness (QED) is 0.734. The van der Waals surface area contributed by atoms with Crippen molar-refractivity contribution in [2.45, 2.75) is 84.3 Å². The molecule has 0 aromatic rings. The zero-order valence-electron chi connectivity index (χ0n) is 14.6. The van der Waals surface area contributed by atoms with E-state index in [9.17, 15) is 15.0 Å². The van der Waals surface area contributed by atoms with Gasteiger partial charge >= 0.3 is 0 Å². The van der Waals surface area contributed by atoms with E-state index in [0.717, 1.165) is 25.2 Å². The van der Waals surface area contributed by atoms with Gasteiger partial charge in [0.1, 0.15) is 0 Å². The largest absolute Gasteiger partial charge is 0.392 e. The van der Waals surface area contributed by atoms with Crippen molar-refractivity contribution in [3.05, 3.63) is 0 Å². The number of nitrogens with one attached hydrogen (secondary N) is 1. The molecule has 3 N–H and O–H groups in total. The van der Waals surface area contributed by atoms with E-state index in [0.29, 0.717) is 18.9 Å². The van der Waals surface area contributed by atoms with Gasteiger partial charge in [-0.15, -0.1) is 0 Å². The minimum Gasteiger partial charge on any atom is -0.392 e. The van der Waals surface area contributed by atoms with Crippen molar-refractivity contribution in [2.75, 3.05) is 6.54 Å². The Bertz CT molecular complexity index is 319. The van der Waals surface area contributed by atoms with Gasteiger partial charge in [0, 0.05) is 6.54 Å². The molecule has 5 atom stereocenters. The Kier molecular flexibility index (Phi) is 9.03. The third-order valence-corrected chi connectivity index (χ3v) is 5.17. The molecule has 22 heavy (non-hydrogen) atoms. The molecule has 1 amide bonds. The van der Waals surface area contributed by atoms with E-state index in [2.05, 4.69) is 19.2 Å². The minimum atomic E-state index is -0.818. The smallest absolute Gasteiger partial charge is 0.228 e. The van der Waals surface area contributed by atoms with Gasteiger partial charge in [-0.3, -0.25) is 4.79 Å². The average Bonchev–Trinajstić information content (AvgIpc) is 2.46. The van der Waals surface area contributed by atoms with Crippen molar-refractivity contribution in [1.29, 1.82) is 0 Å². The molecule has 0 spiro atoms. The van der Waals surface area contributed by atoms with Crippen molar-refractivity contribution >= 4 is 5.91 Å². The van der Waals surface area contributed by atoms with E-state index in [1.54, 1.807) is 6.92 Å². The van der Waals surface area contributed by atoms with Crippen LogP contribution in [0.1, 0.15) is 72.1 Å². The van der Waals surface area contributed by atoms with E-state index in [4.69, 9.17) is 0 Å². The van der Waals surface area contributed by atoms with E-state index in [1.807, 2.05) is 0 Å². The van der Waals surface area contributed by atoms with Crippen LogP contribution in [0.25, 0.3) is 0 Å². The first kappa shape index (κ1) is 19.4. The van der Waals surface area contributed by atoms with Crippen LogP contribution in [0, 0.1) is 17.8 Å². The maximum atomic E-state index is 12.2. The Balaban J connectivity index is 2.67. The molecule has 4 nitrogen and oxygen atoms in total. The summed E-state index contributed by atoms with van der Waals surface area (Å²) >= 11 is 0. The summed E-state index contributed by atoms with van der Waals surface area (Å²) < 4.78 is 0. The summed E-state index contributed by atoms with van der Waals surface area (Å²) in [6, 6.07) is 0. The van der Waals surface area contributed by atoms with Gasteiger partial charge in [-0.2, -0.15) is 0 Å². The van der Waals surface area contributed by atoms with Gasteiger partial charge < -0.3 is 15.5 Å². The molecule has 0 saturated carbocycles. The van der Waals surface area contributed by atoms with Gasteiger partial charge in [-0.05, 0) is 44.4 Å². The molecule has 4 heteroatoms. The third kappa shape index (κ3) is 6.66. The number of aliphatic hydroxyl groups is 2. The highest BCUT2D eigenvalue weighted by atomic mass is 16.3. The van der Waals surface area contributed by atoms with Crippen LogP contribution >= 0.6 is 0 Å². The molecule has 0 aromatic carbocycles. The third-order valence-electron chi connectivity index (χ3n) is 5.17. The van der Waals surface area contributed by atoms with Crippen molar-refractivity contribution in [1.82, 2.24) is 5.32 Å². The first-order valence-corrected chi connectivity index (χ1v) is 9.09. The van der Waals surface area contributed by atoms with Crippen molar-refractivity contribution in [3.63, 3.8) is 0 Å². The normalized spacial score (nSPS) is 34.5. The summed E-state index contributed by atoms with van der Waals surface area (Å²) in [7, 11) is 0. The summed E-state index contributed by atoms with van der Waals surface area (Å²) in [5.41, 5.74) is 0. The zero-order valence-corrected chi connectivity index (χ0v) is 14.6. The van der Waals surface area contributed by atoms with Crippen LogP contribution < -0.4 is 5.32 Å². The van der Waals surface area contributed by atoms with Crippen LogP contribution in [0.15, 0.2) is 0 Å². The Hall–Kier alpha value is -0.610. The highest BCUT2D eigenvalue weighted by molar-refractivity contribution is 5.79. The molecule has 1 rings (SSSR count). The fraction of sp³-hybridized carbons (Fsp3) is 0.944. The van der Waals surface area contributed by atoms with Gasteiger partial charge in [0.2, 0.25) is 5.91 Å². The second-order valence-electron chi connectivity index (χ2n) is 7.15. The number of aliphatic hydroxyl groups excluding tert-OH is 2. The SMILES string of the molecule is CCC1CCCNC(=O)[C@H]([C@H](C)O)[C@@H](O)CC[C@H](C)CCC1. The Morgan fingerprint density at radius 2 is 1.86 bits per heavy atom. The second kappa shape index (κ2) is 10.2. The van der Waals surface area contributed by atoms with Crippen LogP contribution in [0.2, 0.25) is 0 Å². The molecule has 1 unspecified atom stereocenters. The van der Waals surface area contributed by atoms with Crippen LogP contribution in [0.5, 0.6) is 0 Å². The van der Waals surface area contributed by atoms with Crippen LogP contribution in [0.3, 0.4) is 0 Å². The summed E-state index contributed by atoms with van der Waals surface area (Å²) in [6.45, 7) is 6.70. The molecule has 0 aliphatic carbocycles. The predicted octanol–water partition coefficient (Wildman–Crippen LogP) is 2.87. The van der Waals surface area contributed by atoms with E-state index >= 15 is 0 Å². The number of carbonyl (C=O) groups excluding carboxylic acids is 1. The van der Waals surface area contributed by atoms with Crippen LogP contribution in [-0.2, 0) is 4.79 Å². The van der Waals surface area contributed by atoms with Crippen molar-refractivity contribution in [2.24, 2.45) is 17.8 Å². The monoisotopic (exact) mass is 313 g/mol. The summed E-state index contributed by atoms with van der Waals surface area (Å²) in [4.78, 5) is 12.2. The summed E-state index contributed by atoms with van der Waals surface area (Å²) in [5, 5.41) is 23.0. The molecule has 1 heterocycles. The first-order valence-electron chi connectivity index (χ1n) is 9.09. The average molecular weight is 313 g/mol. The van der Waals surface area contributed by atoms with Crippen molar-refractivity contribution in [3.8, 4) is 0 Å². The molecule has 1 saturated heterocycles. The van der Waals surface area contributed by atoms with Crippen molar-refractivity contribution < 1.29 is 15.0 Å². The fourth-order valence-electron chi connectivity index (χ4n) is 3.52.